The maximum Gasteiger partial charge on any atom is 0.260 e. The van der Waals surface area contributed by atoms with E-state index in [-0.39, 0.29) is 0 Å². The molecule has 3 aromatic rings. The number of halogens is 1. The minimum Gasteiger partial charge on any atom is -0.271 e. The average Bonchev–Trinajstić information content (AvgIpc) is 3.12. The van der Waals surface area contributed by atoms with Gasteiger partial charge in [-0.3, -0.25) is 9.10 Å². The Labute approximate surface area is 180 Å². The Balaban J connectivity index is 1.51. The lowest BCUT2D eigenvalue weighted by Gasteiger charge is -2.21. The first-order chi connectivity index (χ1) is 14.3. The lowest BCUT2D eigenvalue weighted by molar-refractivity contribution is -0.119. The van der Waals surface area contributed by atoms with Crippen LogP contribution in [0.3, 0.4) is 0 Å². The number of carbonyl (C=O) groups excluding carboxylic acids is 1. The number of aryl methyl sites for hydroxylation is 2. The molecule has 4 rings (SSSR count). The molecule has 6 nitrogen and oxygen atoms in total. The van der Waals surface area contributed by atoms with Crippen LogP contribution in [0.25, 0.3) is 10.8 Å². The normalized spacial score (nSPS) is 13.1. The van der Waals surface area contributed by atoms with Crippen LogP contribution in [0.1, 0.15) is 16.7 Å². The lowest BCUT2D eigenvalue weighted by atomic mass is 10.0. The molecule has 1 aliphatic carbocycles. The number of anilines is 1. The maximum absolute atomic E-state index is 12.4. The van der Waals surface area contributed by atoms with E-state index in [1.807, 2.05) is 18.2 Å². The molecule has 0 saturated heterocycles. The van der Waals surface area contributed by atoms with E-state index < -0.39 is 22.5 Å². The van der Waals surface area contributed by atoms with Gasteiger partial charge in [0, 0.05) is 10.6 Å². The number of benzene rings is 3. The number of amides is 1. The Bertz CT molecular complexity index is 1260. The molecular formula is C22H20ClN3O3S. The van der Waals surface area contributed by atoms with Crippen LogP contribution in [0.2, 0.25) is 5.02 Å². The number of hydrogen-bond donors (Lipinski definition) is 1. The van der Waals surface area contributed by atoms with Crippen LogP contribution in [-0.4, -0.2) is 33.3 Å². The second-order valence-corrected chi connectivity index (χ2v) is 9.54. The van der Waals surface area contributed by atoms with Crippen molar-refractivity contribution in [1.82, 2.24) is 5.43 Å². The number of nitrogens with one attached hydrogen (secondary N) is 1. The summed E-state index contributed by atoms with van der Waals surface area (Å²) < 4.78 is 25.3. The molecule has 0 radical (unpaired) electrons. The molecule has 0 fully saturated rings. The molecule has 0 heterocycles. The largest absolute Gasteiger partial charge is 0.271 e. The second kappa shape index (κ2) is 8.08. The van der Waals surface area contributed by atoms with Crippen LogP contribution in [0.4, 0.5) is 5.69 Å². The minimum atomic E-state index is -3.68. The highest BCUT2D eigenvalue weighted by Crippen LogP contribution is 2.32. The summed E-state index contributed by atoms with van der Waals surface area (Å²) in [6.07, 6.45) is 4.70. The van der Waals surface area contributed by atoms with Crippen molar-refractivity contribution >= 4 is 50.2 Å². The number of carbonyl (C=O) groups is 1. The van der Waals surface area contributed by atoms with Crippen LogP contribution < -0.4 is 9.73 Å². The summed E-state index contributed by atoms with van der Waals surface area (Å²) >= 11 is 5.96. The zero-order valence-electron chi connectivity index (χ0n) is 16.3. The summed E-state index contributed by atoms with van der Waals surface area (Å²) in [7, 11) is -3.68. The molecule has 1 N–H and O–H groups in total. The SMILES string of the molecule is CS(=O)(=O)N(CC(=O)N/N=C\c1ccc2c3c(cccc13)CC2)c1cccc(Cl)c1. The van der Waals surface area contributed by atoms with Gasteiger partial charge in [0.15, 0.2) is 0 Å². The number of rotatable bonds is 6. The molecule has 1 aliphatic rings. The molecule has 154 valence electrons. The van der Waals surface area contributed by atoms with Gasteiger partial charge in [0.05, 0.1) is 18.2 Å². The maximum atomic E-state index is 12.4. The Morgan fingerprint density at radius 2 is 1.87 bits per heavy atom. The van der Waals surface area contributed by atoms with Crippen LogP contribution in [0, 0.1) is 0 Å². The predicted octanol–water partition coefficient (Wildman–Crippen LogP) is 3.51. The molecule has 0 atom stereocenters. The first kappa shape index (κ1) is 20.4. The van der Waals surface area contributed by atoms with E-state index in [0.29, 0.717) is 10.7 Å². The van der Waals surface area contributed by atoms with Crippen LogP contribution in [0.5, 0.6) is 0 Å². The van der Waals surface area contributed by atoms with Gasteiger partial charge in [-0.2, -0.15) is 5.10 Å². The van der Waals surface area contributed by atoms with Crippen molar-refractivity contribution in [3.05, 3.63) is 76.3 Å². The van der Waals surface area contributed by atoms with Gasteiger partial charge in [0.25, 0.3) is 5.91 Å². The van der Waals surface area contributed by atoms with Crippen LogP contribution in [-0.2, 0) is 27.7 Å². The minimum absolute atomic E-state index is 0.316. The topological polar surface area (TPSA) is 78.8 Å². The molecule has 0 unspecified atom stereocenters. The summed E-state index contributed by atoms with van der Waals surface area (Å²) in [4.78, 5) is 12.4. The quantitative estimate of drug-likeness (QED) is 0.469. The molecule has 0 aromatic heterocycles. The van der Waals surface area contributed by atoms with Gasteiger partial charge in [-0.1, -0.05) is 48.0 Å². The highest BCUT2D eigenvalue weighted by molar-refractivity contribution is 7.92. The van der Waals surface area contributed by atoms with E-state index in [1.54, 1.807) is 24.4 Å². The van der Waals surface area contributed by atoms with Crippen molar-refractivity contribution in [3.8, 4) is 0 Å². The van der Waals surface area contributed by atoms with E-state index in [2.05, 4.69) is 22.7 Å². The number of nitrogens with zero attached hydrogens (tertiary/aromatic N) is 2. The Morgan fingerprint density at radius 1 is 1.13 bits per heavy atom. The molecule has 0 spiro atoms. The third-order valence-corrected chi connectivity index (χ3v) is 6.46. The van der Waals surface area contributed by atoms with Crippen molar-refractivity contribution in [2.45, 2.75) is 12.8 Å². The smallest absolute Gasteiger partial charge is 0.260 e. The molecule has 30 heavy (non-hydrogen) atoms. The molecule has 3 aromatic carbocycles. The fourth-order valence-electron chi connectivity index (χ4n) is 3.75. The standard InChI is InChI=1S/C22H20ClN3O3S/c1-30(28,29)26(19-6-3-5-18(23)12-19)14-21(27)25-24-13-17-11-10-16-9-8-15-4-2-7-20(17)22(15)16/h2-7,10-13H,8-9,14H2,1H3,(H,25,27)/b24-13-. The molecular weight excluding hydrogens is 422 g/mol. The third kappa shape index (κ3) is 4.17. The predicted molar refractivity (Wildman–Crippen MR) is 121 cm³/mol. The molecule has 0 bridgehead atoms. The lowest BCUT2D eigenvalue weighted by Crippen LogP contribution is -2.39. The summed E-state index contributed by atoms with van der Waals surface area (Å²) in [6, 6.07) is 16.6. The Kier molecular flexibility index (Phi) is 5.49. The summed E-state index contributed by atoms with van der Waals surface area (Å²) in [6.45, 7) is -0.402. The van der Waals surface area contributed by atoms with Crippen LogP contribution >= 0.6 is 11.6 Å². The Morgan fingerprint density at radius 3 is 2.60 bits per heavy atom. The molecule has 1 amide bonds. The third-order valence-electron chi connectivity index (χ3n) is 5.09. The number of hydrazone groups is 1. The van der Waals surface area contributed by atoms with Crippen LogP contribution in [0.15, 0.2) is 59.7 Å². The highest BCUT2D eigenvalue weighted by atomic mass is 35.5. The summed E-state index contributed by atoms with van der Waals surface area (Å²) in [5, 5.41) is 6.78. The van der Waals surface area contributed by atoms with Crippen molar-refractivity contribution in [2.24, 2.45) is 5.10 Å². The van der Waals surface area contributed by atoms with E-state index in [0.717, 1.165) is 34.4 Å². The van der Waals surface area contributed by atoms with Gasteiger partial charge in [0.1, 0.15) is 6.54 Å². The van der Waals surface area contributed by atoms with Crippen molar-refractivity contribution in [3.63, 3.8) is 0 Å². The first-order valence-electron chi connectivity index (χ1n) is 9.41. The highest BCUT2D eigenvalue weighted by Gasteiger charge is 2.21. The van der Waals surface area contributed by atoms with Gasteiger partial charge in [0.2, 0.25) is 10.0 Å². The van der Waals surface area contributed by atoms with Gasteiger partial charge in [-0.05, 0) is 52.9 Å². The summed E-state index contributed by atoms with van der Waals surface area (Å²) in [5.74, 6) is -0.553. The van der Waals surface area contributed by atoms with E-state index in [4.69, 9.17) is 11.6 Å². The van der Waals surface area contributed by atoms with Gasteiger partial charge < -0.3 is 0 Å². The zero-order chi connectivity index (χ0) is 21.3. The Hall–Kier alpha value is -2.90. The average molecular weight is 442 g/mol. The van der Waals surface area contributed by atoms with Crippen molar-refractivity contribution in [2.75, 3.05) is 17.1 Å². The fraction of sp³-hybridized carbons (Fsp3) is 0.182. The molecule has 0 aliphatic heterocycles. The van der Waals surface area contributed by atoms with Crippen molar-refractivity contribution < 1.29 is 13.2 Å². The van der Waals surface area contributed by atoms with Crippen molar-refractivity contribution in [1.29, 1.82) is 0 Å². The monoisotopic (exact) mass is 441 g/mol. The molecule has 0 saturated carbocycles. The molecule has 8 heteroatoms. The van der Waals surface area contributed by atoms with Gasteiger partial charge >= 0.3 is 0 Å². The number of hydrogen-bond acceptors (Lipinski definition) is 4. The fourth-order valence-corrected chi connectivity index (χ4v) is 4.79. The first-order valence-corrected chi connectivity index (χ1v) is 11.6. The second-order valence-electron chi connectivity index (χ2n) is 7.20. The number of sulfonamides is 1. The van der Waals surface area contributed by atoms with Gasteiger partial charge in [-0.15, -0.1) is 0 Å². The van der Waals surface area contributed by atoms with E-state index in [9.17, 15) is 13.2 Å². The van der Waals surface area contributed by atoms with Gasteiger partial charge in [-0.25, -0.2) is 13.8 Å². The summed E-state index contributed by atoms with van der Waals surface area (Å²) in [5.41, 5.74) is 6.28. The van der Waals surface area contributed by atoms with E-state index in [1.165, 1.54) is 22.6 Å². The van der Waals surface area contributed by atoms with E-state index >= 15 is 0 Å². The zero-order valence-corrected chi connectivity index (χ0v) is 17.9.